The van der Waals surface area contributed by atoms with Gasteiger partial charge in [-0.05, 0) is 26.2 Å². The Kier molecular flexibility index (Phi) is 7.94. The highest BCUT2D eigenvalue weighted by Crippen LogP contribution is 2.24. The van der Waals surface area contributed by atoms with Crippen LogP contribution in [0, 0.1) is 5.92 Å². The maximum atomic E-state index is 3.15. The van der Waals surface area contributed by atoms with E-state index in [1.807, 2.05) is 6.20 Å². The molecule has 116 valence electrons. The minimum atomic E-state index is 0.209. The number of nitrogens with one attached hydrogen (secondary N) is 1. The zero-order valence-electron chi connectivity index (χ0n) is 14.1. The summed E-state index contributed by atoms with van der Waals surface area (Å²) in [6.07, 6.45) is 18.8. The lowest BCUT2D eigenvalue weighted by Gasteiger charge is -2.28. The average Bonchev–Trinajstić information content (AvgIpc) is 2.96. The first-order valence-electron chi connectivity index (χ1n) is 8.63. The summed E-state index contributed by atoms with van der Waals surface area (Å²) in [6.45, 7) is 9.36. The maximum Gasteiger partial charge on any atom is 0.241 e. The van der Waals surface area contributed by atoms with Gasteiger partial charge < -0.3 is 0 Å². The van der Waals surface area contributed by atoms with Crippen molar-refractivity contribution in [2.45, 2.75) is 91.0 Å². The van der Waals surface area contributed by atoms with Crippen molar-refractivity contribution >= 4 is 0 Å². The molecule has 1 aromatic heterocycles. The molecule has 1 unspecified atom stereocenters. The molecule has 1 rings (SSSR count). The number of aromatic nitrogens is 2. The van der Waals surface area contributed by atoms with Crippen LogP contribution in [0.25, 0.3) is 0 Å². The number of imidazole rings is 1. The molecule has 0 saturated heterocycles. The van der Waals surface area contributed by atoms with Gasteiger partial charge in [-0.15, -0.1) is 0 Å². The summed E-state index contributed by atoms with van der Waals surface area (Å²) in [5, 5.41) is 0. The molecule has 0 radical (unpaired) electrons. The first-order valence-corrected chi connectivity index (χ1v) is 8.63. The normalized spacial score (nSPS) is 13.6. The molecule has 1 aromatic rings. The molecule has 1 heterocycles. The third-order valence-electron chi connectivity index (χ3n) is 4.91. The zero-order valence-corrected chi connectivity index (χ0v) is 14.1. The van der Waals surface area contributed by atoms with Crippen molar-refractivity contribution < 1.29 is 4.57 Å². The van der Waals surface area contributed by atoms with Crippen LogP contribution in [0.2, 0.25) is 0 Å². The Hall–Kier alpha value is -0.790. The third kappa shape index (κ3) is 5.68. The van der Waals surface area contributed by atoms with E-state index in [0.29, 0.717) is 5.92 Å². The number of hydrogen-bond acceptors (Lipinski definition) is 0. The summed E-state index contributed by atoms with van der Waals surface area (Å²) in [6, 6.07) is 0. The van der Waals surface area contributed by atoms with Crippen LogP contribution >= 0.6 is 0 Å². The lowest BCUT2D eigenvalue weighted by atomic mass is 9.84. The van der Waals surface area contributed by atoms with Crippen LogP contribution in [0.4, 0.5) is 0 Å². The van der Waals surface area contributed by atoms with Crippen molar-refractivity contribution in [3.63, 3.8) is 0 Å². The van der Waals surface area contributed by atoms with Crippen molar-refractivity contribution in [1.82, 2.24) is 4.98 Å². The Labute approximate surface area is 126 Å². The molecule has 1 atom stereocenters. The van der Waals surface area contributed by atoms with Gasteiger partial charge in [-0.2, -0.15) is 0 Å². The summed E-state index contributed by atoms with van der Waals surface area (Å²) < 4.78 is 2.31. The Morgan fingerprint density at radius 1 is 1.00 bits per heavy atom. The van der Waals surface area contributed by atoms with Crippen LogP contribution in [-0.4, -0.2) is 4.98 Å². The van der Waals surface area contributed by atoms with Crippen molar-refractivity contribution in [3.05, 3.63) is 18.7 Å². The fourth-order valence-electron chi connectivity index (χ4n) is 2.84. The highest BCUT2D eigenvalue weighted by Gasteiger charge is 2.31. The predicted octanol–water partition coefficient (Wildman–Crippen LogP) is 5.20. The standard InChI is InChI=1S/C18H34N2/c1-5-6-7-8-9-10-11-12-13-17(2)18(3,4)20-15-14-19-16-20/h14-17H,5-13H2,1-4H3/p+1. The van der Waals surface area contributed by atoms with E-state index in [4.69, 9.17) is 0 Å². The molecule has 0 aliphatic heterocycles. The van der Waals surface area contributed by atoms with Crippen LogP contribution in [0.15, 0.2) is 18.7 Å². The van der Waals surface area contributed by atoms with Crippen LogP contribution in [0.3, 0.4) is 0 Å². The highest BCUT2D eigenvalue weighted by molar-refractivity contribution is 4.71. The lowest BCUT2D eigenvalue weighted by molar-refractivity contribution is -0.764. The van der Waals surface area contributed by atoms with Gasteiger partial charge in [0.05, 0.1) is 0 Å². The molecule has 0 amide bonds. The van der Waals surface area contributed by atoms with Crippen molar-refractivity contribution in [3.8, 4) is 0 Å². The molecular weight excluding hydrogens is 244 g/mol. The molecule has 2 heteroatoms. The van der Waals surface area contributed by atoms with Crippen LogP contribution in [-0.2, 0) is 5.54 Å². The smallest absolute Gasteiger partial charge is 0.241 e. The van der Waals surface area contributed by atoms with Gasteiger partial charge in [0.15, 0.2) is 0 Å². The quantitative estimate of drug-likeness (QED) is 0.424. The van der Waals surface area contributed by atoms with E-state index in [1.165, 1.54) is 57.8 Å². The van der Waals surface area contributed by atoms with Crippen molar-refractivity contribution in [2.24, 2.45) is 5.92 Å². The molecule has 2 nitrogen and oxygen atoms in total. The van der Waals surface area contributed by atoms with Crippen molar-refractivity contribution in [2.75, 3.05) is 0 Å². The van der Waals surface area contributed by atoms with E-state index in [9.17, 15) is 0 Å². The molecule has 0 aromatic carbocycles. The number of aromatic amines is 1. The molecule has 0 aliphatic carbocycles. The Balaban J connectivity index is 2.12. The summed E-state index contributed by atoms with van der Waals surface area (Å²) in [5.41, 5.74) is 0.209. The molecule has 0 bridgehead atoms. The van der Waals surface area contributed by atoms with E-state index >= 15 is 0 Å². The highest BCUT2D eigenvalue weighted by atomic mass is 15.1. The second kappa shape index (κ2) is 9.20. The van der Waals surface area contributed by atoms with Gasteiger partial charge in [-0.1, -0.05) is 65.2 Å². The second-order valence-electron chi connectivity index (χ2n) is 6.84. The first kappa shape index (κ1) is 17.3. The molecule has 0 fully saturated rings. The monoisotopic (exact) mass is 279 g/mol. The van der Waals surface area contributed by atoms with Crippen LogP contribution in [0.5, 0.6) is 0 Å². The van der Waals surface area contributed by atoms with Gasteiger partial charge in [0.1, 0.15) is 17.9 Å². The van der Waals surface area contributed by atoms with E-state index in [0.717, 1.165) is 0 Å². The topological polar surface area (TPSA) is 19.7 Å². The third-order valence-corrected chi connectivity index (χ3v) is 4.91. The molecular formula is C18H35N2+. The fraction of sp³-hybridized carbons (Fsp3) is 0.833. The minimum absolute atomic E-state index is 0.209. The second-order valence-corrected chi connectivity index (χ2v) is 6.84. The molecule has 20 heavy (non-hydrogen) atoms. The molecule has 0 spiro atoms. The zero-order chi connectivity index (χ0) is 14.8. The Morgan fingerprint density at radius 2 is 1.60 bits per heavy atom. The van der Waals surface area contributed by atoms with E-state index in [1.54, 1.807) is 0 Å². The van der Waals surface area contributed by atoms with Gasteiger partial charge in [0.2, 0.25) is 6.33 Å². The van der Waals surface area contributed by atoms with Gasteiger partial charge in [0.25, 0.3) is 0 Å². The number of hydrogen-bond donors (Lipinski definition) is 1. The van der Waals surface area contributed by atoms with Crippen molar-refractivity contribution in [1.29, 1.82) is 0 Å². The molecule has 1 N–H and O–H groups in total. The summed E-state index contributed by atoms with van der Waals surface area (Å²) in [7, 11) is 0. The Bertz CT molecular complexity index is 327. The Morgan fingerprint density at radius 3 is 2.15 bits per heavy atom. The SMILES string of the molecule is CCCCCCCCCCC(C)C(C)(C)[n+]1cc[nH]c1. The summed E-state index contributed by atoms with van der Waals surface area (Å²) in [5.74, 6) is 0.711. The summed E-state index contributed by atoms with van der Waals surface area (Å²) in [4.78, 5) is 3.15. The number of nitrogens with zero attached hydrogens (tertiary/aromatic N) is 1. The largest absolute Gasteiger partial charge is 0.250 e. The summed E-state index contributed by atoms with van der Waals surface area (Å²) >= 11 is 0. The number of unbranched alkanes of at least 4 members (excludes halogenated alkanes) is 7. The lowest BCUT2D eigenvalue weighted by Crippen LogP contribution is -2.54. The van der Waals surface area contributed by atoms with Gasteiger partial charge >= 0.3 is 0 Å². The van der Waals surface area contributed by atoms with Gasteiger partial charge in [-0.25, -0.2) is 4.57 Å². The van der Waals surface area contributed by atoms with E-state index in [-0.39, 0.29) is 5.54 Å². The van der Waals surface area contributed by atoms with E-state index in [2.05, 4.69) is 49.8 Å². The minimum Gasteiger partial charge on any atom is -0.250 e. The molecule has 0 aliphatic rings. The fourth-order valence-corrected chi connectivity index (χ4v) is 2.84. The average molecular weight is 279 g/mol. The number of rotatable bonds is 11. The number of H-pyrrole nitrogens is 1. The van der Waals surface area contributed by atoms with Crippen LogP contribution < -0.4 is 4.57 Å². The molecule has 0 saturated carbocycles. The maximum absolute atomic E-state index is 3.15. The predicted molar refractivity (Wildman–Crippen MR) is 86.7 cm³/mol. The van der Waals surface area contributed by atoms with Crippen LogP contribution in [0.1, 0.15) is 85.5 Å². The van der Waals surface area contributed by atoms with Gasteiger partial charge in [-0.3, -0.25) is 4.98 Å². The van der Waals surface area contributed by atoms with E-state index < -0.39 is 0 Å². The van der Waals surface area contributed by atoms with Gasteiger partial charge in [0, 0.05) is 0 Å². The first-order chi connectivity index (χ1) is 9.59.